The molecule has 4 nitrogen and oxygen atoms in total. The van der Waals surface area contributed by atoms with Crippen LogP contribution in [0.15, 0.2) is 21.7 Å². The molecule has 2 aromatic heterocycles. The van der Waals surface area contributed by atoms with E-state index < -0.39 is 0 Å². The summed E-state index contributed by atoms with van der Waals surface area (Å²) in [5.74, 6) is 0. The van der Waals surface area contributed by atoms with Gasteiger partial charge in [0.25, 0.3) is 0 Å². The lowest BCUT2D eigenvalue weighted by Crippen LogP contribution is -1.90. The molecular formula is C6H2Br2N4. The normalized spacial score (nSPS) is 10.5. The second kappa shape index (κ2) is 3.02. The fourth-order valence-electron chi connectivity index (χ4n) is 0.789. The van der Waals surface area contributed by atoms with Crippen molar-refractivity contribution in [3.05, 3.63) is 21.7 Å². The van der Waals surface area contributed by atoms with Crippen LogP contribution in [-0.2, 0) is 0 Å². The predicted molar refractivity (Wildman–Crippen MR) is 50.5 cm³/mol. The Hall–Kier alpha value is -0.620. The highest BCUT2D eigenvalue weighted by Crippen LogP contribution is 2.17. The number of nitrogens with zero attached hydrogens (tertiary/aromatic N) is 4. The van der Waals surface area contributed by atoms with Crippen molar-refractivity contribution in [2.24, 2.45) is 0 Å². The van der Waals surface area contributed by atoms with Crippen LogP contribution in [0.4, 0.5) is 0 Å². The summed E-state index contributed by atoms with van der Waals surface area (Å²) in [5, 5.41) is 0. The van der Waals surface area contributed by atoms with Gasteiger partial charge in [0.2, 0.25) is 0 Å². The Labute approximate surface area is 84.7 Å². The maximum atomic E-state index is 4.16. The standard InChI is InChI=1S/C6H2Br2N4/c7-3-1-9-6-4(12-3)5(8)10-2-11-6/h1-2H. The molecule has 2 aromatic rings. The third kappa shape index (κ3) is 1.32. The quantitative estimate of drug-likeness (QED) is 0.696. The van der Waals surface area contributed by atoms with E-state index in [4.69, 9.17) is 0 Å². The van der Waals surface area contributed by atoms with E-state index in [2.05, 4.69) is 51.8 Å². The van der Waals surface area contributed by atoms with Crippen molar-refractivity contribution >= 4 is 43.0 Å². The summed E-state index contributed by atoms with van der Waals surface area (Å²) in [4.78, 5) is 16.1. The van der Waals surface area contributed by atoms with E-state index in [1.54, 1.807) is 6.20 Å². The highest BCUT2D eigenvalue weighted by molar-refractivity contribution is 9.10. The van der Waals surface area contributed by atoms with Crippen molar-refractivity contribution < 1.29 is 0 Å². The van der Waals surface area contributed by atoms with Crippen LogP contribution in [0.5, 0.6) is 0 Å². The van der Waals surface area contributed by atoms with E-state index in [9.17, 15) is 0 Å². The topological polar surface area (TPSA) is 51.6 Å². The second-order valence-corrected chi connectivity index (χ2v) is 3.59. The van der Waals surface area contributed by atoms with Gasteiger partial charge in [-0.2, -0.15) is 0 Å². The molecule has 0 N–H and O–H groups in total. The molecule has 0 aliphatic heterocycles. The van der Waals surface area contributed by atoms with E-state index in [0.717, 1.165) is 0 Å². The second-order valence-electron chi connectivity index (χ2n) is 2.03. The van der Waals surface area contributed by atoms with Gasteiger partial charge in [-0.25, -0.2) is 19.9 Å². The van der Waals surface area contributed by atoms with Crippen LogP contribution in [0, 0.1) is 0 Å². The average Bonchev–Trinajstić information content (AvgIpc) is 2.07. The zero-order chi connectivity index (χ0) is 8.55. The van der Waals surface area contributed by atoms with Crippen LogP contribution in [0.1, 0.15) is 0 Å². The van der Waals surface area contributed by atoms with Crippen LogP contribution in [0.3, 0.4) is 0 Å². The van der Waals surface area contributed by atoms with E-state index in [1.807, 2.05) is 0 Å². The van der Waals surface area contributed by atoms with E-state index >= 15 is 0 Å². The van der Waals surface area contributed by atoms with Gasteiger partial charge in [0.15, 0.2) is 5.65 Å². The molecule has 60 valence electrons. The Morgan fingerprint density at radius 3 is 2.75 bits per heavy atom. The third-order valence-corrected chi connectivity index (χ3v) is 2.23. The first-order chi connectivity index (χ1) is 5.77. The molecule has 0 saturated carbocycles. The number of aromatic nitrogens is 4. The van der Waals surface area contributed by atoms with E-state index in [0.29, 0.717) is 20.4 Å². The number of halogens is 2. The summed E-state index contributed by atoms with van der Waals surface area (Å²) in [6.07, 6.45) is 3.04. The maximum Gasteiger partial charge on any atom is 0.182 e. The first-order valence-electron chi connectivity index (χ1n) is 3.06. The molecule has 0 fully saturated rings. The number of hydrogen-bond acceptors (Lipinski definition) is 4. The Morgan fingerprint density at radius 1 is 1.08 bits per heavy atom. The van der Waals surface area contributed by atoms with Gasteiger partial charge >= 0.3 is 0 Å². The minimum atomic E-state index is 0.583. The number of rotatable bonds is 0. The number of hydrogen-bond donors (Lipinski definition) is 0. The van der Waals surface area contributed by atoms with Gasteiger partial charge in [0.1, 0.15) is 21.1 Å². The molecule has 0 spiro atoms. The maximum absolute atomic E-state index is 4.16. The summed E-state index contributed by atoms with van der Waals surface area (Å²) in [6.45, 7) is 0. The first kappa shape index (κ1) is 8.00. The lowest BCUT2D eigenvalue weighted by atomic mass is 10.5. The van der Waals surface area contributed by atoms with Gasteiger partial charge in [0, 0.05) is 0 Å². The monoisotopic (exact) mass is 288 g/mol. The van der Waals surface area contributed by atoms with Crippen LogP contribution in [-0.4, -0.2) is 19.9 Å². The van der Waals surface area contributed by atoms with Gasteiger partial charge in [-0.1, -0.05) is 0 Å². The molecule has 6 heteroatoms. The molecule has 12 heavy (non-hydrogen) atoms. The van der Waals surface area contributed by atoms with Crippen LogP contribution in [0.2, 0.25) is 0 Å². The summed E-state index contributed by atoms with van der Waals surface area (Å²) in [6, 6.07) is 0. The SMILES string of the molecule is Brc1cnc2ncnc(Br)c2n1. The van der Waals surface area contributed by atoms with E-state index in [-0.39, 0.29) is 0 Å². The van der Waals surface area contributed by atoms with Gasteiger partial charge < -0.3 is 0 Å². The fourth-order valence-corrected chi connectivity index (χ4v) is 1.43. The highest BCUT2D eigenvalue weighted by Gasteiger charge is 2.02. The minimum absolute atomic E-state index is 0.583. The van der Waals surface area contributed by atoms with Crippen LogP contribution >= 0.6 is 31.9 Å². The van der Waals surface area contributed by atoms with Gasteiger partial charge in [-0.05, 0) is 31.9 Å². The zero-order valence-corrected chi connectivity index (χ0v) is 8.87. The fraction of sp³-hybridized carbons (Fsp3) is 0. The molecule has 0 saturated heterocycles. The Kier molecular flexibility index (Phi) is 2.02. The average molecular weight is 290 g/mol. The molecule has 2 rings (SSSR count). The molecule has 0 aromatic carbocycles. The minimum Gasteiger partial charge on any atom is -0.233 e. The van der Waals surface area contributed by atoms with E-state index in [1.165, 1.54) is 6.33 Å². The van der Waals surface area contributed by atoms with Crippen molar-refractivity contribution in [1.82, 2.24) is 19.9 Å². The van der Waals surface area contributed by atoms with Gasteiger partial charge in [-0.15, -0.1) is 0 Å². The van der Waals surface area contributed by atoms with Crippen molar-refractivity contribution in [3.8, 4) is 0 Å². The summed E-state index contributed by atoms with van der Waals surface area (Å²) in [5.41, 5.74) is 1.24. The molecule has 0 atom stereocenters. The Balaban J connectivity index is 2.88. The Bertz CT molecular complexity index is 431. The Morgan fingerprint density at radius 2 is 1.92 bits per heavy atom. The van der Waals surface area contributed by atoms with Gasteiger partial charge in [0.05, 0.1) is 6.20 Å². The van der Waals surface area contributed by atoms with Crippen molar-refractivity contribution in [2.75, 3.05) is 0 Å². The molecule has 0 amide bonds. The summed E-state index contributed by atoms with van der Waals surface area (Å²) < 4.78 is 1.33. The van der Waals surface area contributed by atoms with Crippen LogP contribution in [0.25, 0.3) is 11.2 Å². The predicted octanol–water partition coefficient (Wildman–Crippen LogP) is 1.94. The summed E-state index contributed by atoms with van der Waals surface area (Å²) in [7, 11) is 0. The van der Waals surface area contributed by atoms with Crippen molar-refractivity contribution in [3.63, 3.8) is 0 Å². The molecule has 0 unspecified atom stereocenters. The molecule has 0 bridgehead atoms. The smallest absolute Gasteiger partial charge is 0.182 e. The van der Waals surface area contributed by atoms with Crippen LogP contribution < -0.4 is 0 Å². The molecule has 2 heterocycles. The van der Waals surface area contributed by atoms with Gasteiger partial charge in [-0.3, -0.25) is 0 Å². The van der Waals surface area contributed by atoms with Crippen molar-refractivity contribution in [2.45, 2.75) is 0 Å². The molecule has 0 aliphatic carbocycles. The lowest BCUT2D eigenvalue weighted by Gasteiger charge is -1.96. The first-order valence-corrected chi connectivity index (χ1v) is 4.65. The molecular weight excluding hydrogens is 288 g/mol. The zero-order valence-electron chi connectivity index (χ0n) is 5.70. The summed E-state index contributed by atoms with van der Waals surface area (Å²) >= 11 is 6.47. The molecule has 0 radical (unpaired) electrons. The third-order valence-electron chi connectivity index (χ3n) is 1.27. The highest BCUT2D eigenvalue weighted by atomic mass is 79.9. The largest absolute Gasteiger partial charge is 0.233 e. The number of fused-ring (bicyclic) bond motifs is 1. The molecule has 0 aliphatic rings. The van der Waals surface area contributed by atoms with Crippen molar-refractivity contribution in [1.29, 1.82) is 0 Å². The lowest BCUT2D eigenvalue weighted by molar-refractivity contribution is 1.11.